The maximum atomic E-state index is 10.2. The Labute approximate surface area is 813 Å². The van der Waals surface area contributed by atoms with Crippen LogP contribution in [0.1, 0.15) is 129 Å². The molecular weight excluding hydrogens is 1820 g/mol. The number of carbonyl (C=O) groups is 1. The van der Waals surface area contributed by atoms with Gasteiger partial charge in [-0.2, -0.15) is 0 Å². The van der Waals surface area contributed by atoms with Crippen molar-refractivity contribution in [2.24, 2.45) is 0 Å². The van der Waals surface area contributed by atoms with E-state index < -0.39 is 20.3 Å². The van der Waals surface area contributed by atoms with Gasteiger partial charge in [0.1, 0.15) is 6.61 Å². The third-order valence-electron chi connectivity index (χ3n) is 14.4. The van der Waals surface area contributed by atoms with Gasteiger partial charge in [0.15, 0.2) is 6.29 Å². The average molecular weight is 1960 g/mol. The molecule has 2 aliphatic rings. The van der Waals surface area contributed by atoms with Crippen molar-refractivity contribution in [1.29, 1.82) is 0 Å². The third kappa shape index (κ3) is 85.8. The molecule has 0 spiro atoms. The molecule has 0 saturated carbocycles. The van der Waals surface area contributed by atoms with Crippen molar-refractivity contribution in [3.63, 3.8) is 0 Å². The molecule has 27 heteroatoms. The molecule has 0 bridgehead atoms. The molecular formula is C95H135Br3Cl2F2Na2O18. The number of hydrogen-bond acceptors (Lipinski definition) is 17. The topological polar surface area (TPSA) is 251 Å². The summed E-state index contributed by atoms with van der Waals surface area (Å²) in [5.41, 5.74) is 15.1. The Balaban J connectivity index is -0.000000176. The summed E-state index contributed by atoms with van der Waals surface area (Å²) < 4.78 is 84.0. The first-order chi connectivity index (χ1) is 59.4. The minimum atomic E-state index is -1.00. The second-order valence-electron chi connectivity index (χ2n) is 23.2. The smallest absolute Gasteiger partial charge is 1.00 e. The Kier molecular flexibility index (Phi) is 108. The van der Waals surface area contributed by atoms with E-state index in [0.717, 1.165) is 109 Å². The van der Waals surface area contributed by atoms with Crippen LogP contribution in [0.5, 0.6) is 0 Å². The van der Waals surface area contributed by atoms with Gasteiger partial charge in [0.25, 0.3) is 0 Å². The van der Waals surface area contributed by atoms with E-state index in [-0.39, 0.29) is 119 Å². The molecule has 2 aliphatic heterocycles. The number of rotatable bonds is 37. The van der Waals surface area contributed by atoms with Crippen LogP contribution in [0.25, 0.3) is 42.5 Å². The van der Waals surface area contributed by atoms with Crippen molar-refractivity contribution in [2.75, 3.05) is 135 Å². The van der Waals surface area contributed by atoms with E-state index in [4.69, 9.17) is 104 Å². The molecule has 0 amide bonds. The Bertz CT molecular complexity index is 3380. The van der Waals surface area contributed by atoms with Crippen molar-refractivity contribution < 1.29 is 161 Å². The zero-order valence-corrected chi connectivity index (χ0v) is 82.3. The van der Waals surface area contributed by atoms with Crippen LogP contribution in [0.4, 0.5) is 8.78 Å². The van der Waals surface area contributed by atoms with Gasteiger partial charge in [-0.3, -0.25) is 8.78 Å². The van der Waals surface area contributed by atoms with Gasteiger partial charge >= 0.3 is 65.1 Å². The molecule has 9 rings (SSSR count). The Morgan fingerprint density at radius 1 is 0.434 bits per heavy atom. The normalized spacial score (nSPS) is 11.3. The van der Waals surface area contributed by atoms with E-state index >= 15 is 0 Å². The third-order valence-corrected chi connectivity index (χ3v) is 14.4. The number of halogens is 7. The number of alkyl halides is 7. The van der Waals surface area contributed by atoms with Crippen LogP contribution >= 0.6 is 71.0 Å². The minimum absolute atomic E-state index is 0. The summed E-state index contributed by atoms with van der Waals surface area (Å²) in [6, 6.07) is 55.3. The number of hydrogen-bond donors (Lipinski definition) is 7. The predicted molar refractivity (Wildman–Crippen MR) is 508 cm³/mol. The van der Waals surface area contributed by atoms with E-state index in [2.05, 4.69) is 111 Å². The molecule has 2 heterocycles. The first kappa shape index (κ1) is 126. The number of allylic oxidation sites excluding steroid dienone is 1. The fraction of sp³-hybridized carbons (Fsp3) is 0.379. The Hall–Kier alpha value is -4.99. The first-order valence-corrected chi connectivity index (χ1v) is 42.8. The number of aliphatic hydroxyl groups excluding tert-OH is 6. The van der Waals surface area contributed by atoms with Crippen LogP contribution in [0.15, 0.2) is 228 Å². The van der Waals surface area contributed by atoms with Gasteiger partial charge in [0.2, 0.25) is 0 Å². The zero-order chi connectivity index (χ0) is 91.8. The van der Waals surface area contributed by atoms with E-state index in [1.54, 1.807) is 30.6 Å². The molecule has 1 unspecified atom stereocenters. The number of carboxylic acid groups (broad SMARTS) is 1. The molecule has 1 atom stereocenters. The molecule has 7 N–H and O–H groups in total. The van der Waals surface area contributed by atoms with Crippen molar-refractivity contribution >= 4 is 119 Å². The van der Waals surface area contributed by atoms with E-state index in [0.29, 0.717) is 92.5 Å². The number of carboxylic acids is 1. The van der Waals surface area contributed by atoms with E-state index in [1.165, 1.54) is 24.8 Å². The standard InChI is InChI=1S/C22H26O3.C16H22O3.C11H12O3.C11H14O2.2C9H10O.C5H8O.C4H10O3.2C2H5Br.CH3BrO.CH2Cl2.2CH3F.2Na.2H/c1-3-19-5-9-21(10-6-19)17-24-15-13-23-14-16-25-18-22-11-7-20(4-2)8-12-22;1-2-14-6-8-15(9-7-14)13-17-11-12-19-16-5-3-4-10-18-16;1-2-9-3-5-10(6-4-9)7-14-8-11(12)13;1-2-10-3-5-11(6-4-10)9-13-8-7-12;2*1-2-8-3-5-9(7-10)6-4-8;1-2-4-6-5-3-1;5-1-3-7-4-2-6;2*1-2-3;2*2-1-3;2*1-2;;;;/h3-12H,1-2,13-18H2;2,6-9,16H,1,3-5,10-13H2;2-6H,1,7-8H2,(H,12,13);2-6,12H,1,7-9H2;2*2-6,10H,1,7H2;2,4H,1,3,5H2;5-6H,1-4H2;2*2H2,1H3;3H,1H2;1H2;2*1H3;;;;/q;;;;;;;;;;;;;;2*+1;2*-1/i;;;;;;;;;;;;2*1D;;;;. The molecule has 122 heavy (non-hydrogen) atoms. The largest absolute Gasteiger partial charge is 1.00 e. The quantitative estimate of drug-likeness (QED) is 0.0109. The molecule has 0 aromatic heterocycles. The summed E-state index contributed by atoms with van der Waals surface area (Å²) in [5, 5.41) is 60.2. The summed E-state index contributed by atoms with van der Waals surface area (Å²) in [7, 11) is -2.00. The van der Waals surface area contributed by atoms with Crippen molar-refractivity contribution in [2.45, 2.75) is 98.5 Å². The van der Waals surface area contributed by atoms with E-state index in [1.807, 2.05) is 196 Å². The summed E-state index contributed by atoms with van der Waals surface area (Å²) in [6.07, 6.45) is 22.1. The summed E-state index contributed by atoms with van der Waals surface area (Å²) in [6.45, 7) is 38.9. The van der Waals surface area contributed by atoms with Gasteiger partial charge in [0.05, 0.1) is 166 Å². The Morgan fingerprint density at radius 2 is 0.680 bits per heavy atom. The maximum absolute atomic E-state index is 10.2. The predicted octanol–water partition coefficient (Wildman–Crippen LogP) is 15.8. The molecule has 674 valence electrons. The molecule has 0 aliphatic carbocycles. The van der Waals surface area contributed by atoms with Gasteiger partial charge in [-0.15, -0.1) is 23.2 Å². The van der Waals surface area contributed by atoms with Crippen LogP contribution in [0, 0.1) is 0 Å². The van der Waals surface area contributed by atoms with Gasteiger partial charge in [-0.25, -0.2) is 4.79 Å². The van der Waals surface area contributed by atoms with Crippen LogP contribution in [0.2, 0.25) is 0 Å². The molecule has 0 radical (unpaired) electrons. The molecule has 7 aromatic carbocycles. The SMILES string of the molecule is C1=COCCC1.C=Cc1ccc(CO)cc1.C=Cc1ccc(CO)cc1.C=Cc1ccc(COCC(=O)O)cc1.C=Cc1ccc(COCCO)cc1.C=Cc1ccc(COCCOC2CCCCO2)cc1.C=Cc1ccc(COCCOCCOCc2ccc(C=C)cc2)cc1.CCBr.CCBr.ClCCl.OCBr.OCCOCCO.[2H]CF.[2H]CF.[H-].[H-].[Na+].[Na+]. The zero-order valence-electron chi connectivity index (χ0n) is 76.0. The molecule has 1 saturated heterocycles. The van der Waals surface area contributed by atoms with Crippen molar-refractivity contribution in [3.8, 4) is 0 Å². The molecule has 18 nitrogen and oxygen atoms in total. The van der Waals surface area contributed by atoms with E-state index in [9.17, 15) is 13.6 Å². The average Bonchev–Trinajstić information content (AvgIpc) is 0.924. The number of aliphatic hydroxyl groups is 6. The first-order valence-electron chi connectivity index (χ1n) is 39.7. The Morgan fingerprint density at radius 3 is 0.893 bits per heavy atom. The number of benzene rings is 7. The minimum Gasteiger partial charge on any atom is -1.00 e. The van der Waals surface area contributed by atoms with Crippen LogP contribution in [0.3, 0.4) is 0 Å². The molecule has 7 aromatic rings. The molecule has 1 fully saturated rings. The maximum Gasteiger partial charge on any atom is 1.00 e. The van der Waals surface area contributed by atoms with Crippen LogP contribution in [-0.4, -0.2) is 183 Å². The van der Waals surface area contributed by atoms with Crippen molar-refractivity contribution in [1.82, 2.24) is 0 Å². The fourth-order valence-electron chi connectivity index (χ4n) is 8.49. The van der Waals surface area contributed by atoms with Gasteiger partial charge in [0, 0.05) is 17.3 Å². The number of ether oxygens (including phenoxy) is 10. The van der Waals surface area contributed by atoms with Crippen molar-refractivity contribution in [3.05, 3.63) is 306 Å². The van der Waals surface area contributed by atoms with Crippen LogP contribution < -0.4 is 59.1 Å². The number of aliphatic carboxylic acids is 1. The fourth-order valence-corrected chi connectivity index (χ4v) is 8.49. The van der Waals surface area contributed by atoms with Gasteiger partial charge in [-0.1, -0.05) is 320 Å². The second kappa shape index (κ2) is 105. The van der Waals surface area contributed by atoms with Gasteiger partial charge in [-0.05, 0) is 116 Å². The summed E-state index contributed by atoms with van der Waals surface area (Å²) in [4.78, 5) is 10.2. The van der Waals surface area contributed by atoms with Crippen LogP contribution in [-0.2, 0) is 98.4 Å². The monoisotopic (exact) mass is 1960 g/mol. The van der Waals surface area contributed by atoms with Gasteiger partial charge < -0.3 is 86.0 Å². The summed E-state index contributed by atoms with van der Waals surface area (Å²) >= 11 is 18.5. The second-order valence-corrected chi connectivity index (χ2v) is 26.8. The summed E-state index contributed by atoms with van der Waals surface area (Å²) in [5.74, 6) is -0.951.